The zero-order valence-corrected chi connectivity index (χ0v) is 19.7. The van der Waals surface area contributed by atoms with Crippen LogP contribution in [0.4, 0.5) is 5.69 Å². The molecule has 0 saturated carbocycles. The van der Waals surface area contributed by atoms with Crippen LogP contribution in [-0.4, -0.2) is 59.6 Å². The van der Waals surface area contributed by atoms with Gasteiger partial charge in [-0.25, -0.2) is 4.99 Å². The fraction of sp³-hybridized carbons (Fsp3) is 0.261. The largest absolute Gasteiger partial charge is 0.378 e. The van der Waals surface area contributed by atoms with Crippen LogP contribution in [0.2, 0.25) is 10.0 Å². The van der Waals surface area contributed by atoms with E-state index in [1.165, 1.54) is 11.8 Å². The third-order valence-electron chi connectivity index (χ3n) is 5.07. The Labute approximate surface area is 200 Å². The molecule has 2 aromatic rings. The van der Waals surface area contributed by atoms with Gasteiger partial charge in [-0.1, -0.05) is 35.3 Å². The van der Waals surface area contributed by atoms with Gasteiger partial charge in [0.25, 0.3) is 11.8 Å². The van der Waals surface area contributed by atoms with Crippen LogP contribution in [0.5, 0.6) is 0 Å². The number of aliphatic imine (C=N–C) groups is 1. The molecule has 9 heteroatoms. The molecule has 2 heterocycles. The summed E-state index contributed by atoms with van der Waals surface area (Å²) in [5.74, 6) is -0.182. The highest BCUT2D eigenvalue weighted by Gasteiger charge is 2.32. The van der Waals surface area contributed by atoms with Crippen LogP contribution in [-0.2, 0) is 9.53 Å². The number of ether oxygens (including phenoxy) is 1. The Balaban J connectivity index is 1.60. The molecule has 2 aliphatic heterocycles. The molecule has 2 aliphatic rings. The number of halogens is 2. The van der Waals surface area contributed by atoms with Crippen molar-refractivity contribution in [3.63, 3.8) is 0 Å². The van der Waals surface area contributed by atoms with Crippen LogP contribution in [0.25, 0.3) is 6.08 Å². The second kappa shape index (κ2) is 10.1. The van der Waals surface area contributed by atoms with Crippen molar-refractivity contribution in [3.05, 3.63) is 68.5 Å². The van der Waals surface area contributed by atoms with Crippen molar-refractivity contribution >= 4 is 63.7 Å². The topological polar surface area (TPSA) is 62.2 Å². The van der Waals surface area contributed by atoms with Crippen LogP contribution < -0.4 is 0 Å². The molecule has 2 saturated heterocycles. The minimum absolute atomic E-state index is 0.0455. The minimum atomic E-state index is -0.136. The van der Waals surface area contributed by atoms with Crippen LogP contribution in [0.1, 0.15) is 22.8 Å². The fourth-order valence-electron chi connectivity index (χ4n) is 3.40. The van der Waals surface area contributed by atoms with Gasteiger partial charge in [-0.05, 0) is 60.7 Å². The maximum Gasteiger partial charge on any atom is 0.266 e. The van der Waals surface area contributed by atoms with Crippen molar-refractivity contribution < 1.29 is 14.3 Å². The number of carbonyl (C=O) groups is 2. The maximum atomic E-state index is 12.9. The van der Waals surface area contributed by atoms with Gasteiger partial charge < -0.3 is 9.64 Å². The average molecular weight is 490 g/mol. The summed E-state index contributed by atoms with van der Waals surface area (Å²) in [6.45, 7) is 4.61. The summed E-state index contributed by atoms with van der Waals surface area (Å²) < 4.78 is 5.32. The molecule has 0 atom stereocenters. The van der Waals surface area contributed by atoms with Gasteiger partial charge in [0.2, 0.25) is 0 Å². The summed E-state index contributed by atoms with van der Waals surface area (Å²) in [6, 6.07) is 12.3. The molecule has 166 valence electrons. The summed E-state index contributed by atoms with van der Waals surface area (Å²) in [7, 11) is 0. The molecule has 0 spiro atoms. The first-order valence-electron chi connectivity index (χ1n) is 10.2. The van der Waals surface area contributed by atoms with Gasteiger partial charge in [-0.2, -0.15) is 0 Å². The molecular weight excluding hydrogens is 469 g/mol. The second-order valence-electron chi connectivity index (χ2n) is 7.18. The minimum Gasteiger partial charge on any atom is -0.378 e. The molecule has 0 aromatic heterocycles. The third-order valence-corrected chi connectivity index (χ3v) is 6.64. The zero-order valence-electron chi connectivity index (χ0n) is 17.4. The van der Waals surface area contributed by atoms with Gasteiger partial charge >= 0.3 is 0 Å². The summed E-state index contributed by atoms with van der Waals surface area (Å²) in [5.41, 5.74) is 1.89. The summed E-state index contributed by atoms with van der Waals surface area (Å²) in [6.07, 6.45) is 1.75. The number of amidine groups is 1. The van der Waals surface area contributed by atoms with Crippen molar-refractivity contribution in [2.45, 2.75) is 6.92 Å². The Morgan fingerprint density at radius 1 is 1.19 bits per heavy atom. The number of benzene rings is 2. The maximum absolute atomic E-state index is 12.9. The lowest BCUT2D eigenvalue weighted by Gasteiger charge is -2.26. The van der Waals surface area contributed by atoms with E-state index in [1.807, 2.05) is 13.0 Å². The number of morpholine rings is 1. The first kappa shape index (κ1) is 22.9. The SMILES string of the molecule is CCN1C(=O)/C(=C\c2ccc(Cl)cc2Cl)SC1=Nc1cccc(C(=O)N2CCOCC2)c1. The number of hydrogen-bond acceptors (Lipinski definition) is 5. The lowest BCUT2D eigenvalue weighted by molar-refractivity contribution is -0.122. The molecule has 6 nitrogen and oxygen atoms in total. The van der Waals surface area contributed by atoms with Gasteiger partial charge in [0.15, 0.2) is 5.17 Å². The lowest BCUT2D eigenvalue weighted by Crippen LogP contribution is -2.40. The lowest BCUT2D eigenvalue weighted by atomic mass is 10.1. The number of amides is 2. The Bertz CT molecular complexity index is 1110. The Morgan fingerprint density at radius 3 is 2.69 bits per heavy atom. The second-order valence-corrected chi connectivity index (χ2v) is 9.03. The van der Waals surface area contributed by atoms with Crippen LogP contribution >= 0.6 is 35.0 Å². The normalized spacial score (nSPS) is 19.3. The van der Waals surface area contributed by atoms with Crippen molar-refractivity contribution in [2.24, 2.45) is 4.99 Å². The van der Waals surface area contributed by atoms with E-state index in [-0.39, 0.29) is 11.8 Å². The number of thioether (sulfide) groups is 1. The molecule has 0 bridgehead atoms. The van der Waals surface area contributed by atoms with Gasteiger partial charge in [-0.15, -0.1) is 0 Å². The number of rotatable bonds is 4. The van der Waals surface area contributed by atoms with Crippen molar-refractivity contribution in [1.82, 2.24) is 9.80 Å². The van der Waals surface area contributed by atoms with E-state index < -0.39 is 0 Å². The molecule has 0 aliphatic carbocycles. The summed E-state index contributed by atoms with van der Waals surface area (Å²) in [4.78, 5) is 34.3. The third kappa shape index (κ3) is 5.02. The summed E-state index contributed by atoms with van der Waals surface area (Å²) >= 11 is 13.5. The predicted octanol–water partition coefficient (Wildman–Crippen LogP) is 5.09. The number of nitrogens with zero attached hydrogens (tertiary/aromatic N) is 3. The average Bonchev–Trinajstić information content (AvgIpc) is 3.09. The number of hydrogen-bond donors (Lipinski definition) is 0. The van der Waals surface area contributed by atoms with E-state index >= 15 is 0 Å². The molecule has 4 rings (SSSR count). The Morgan fingerprint density at radius 2 is 1.97 bits per heavy atom. The molecule has 0 radical (unpaired) electrons. The highest BCUT2D eigenvalue weighted by atomic mass is 35.5. The monoisotopic (exact) mass is 489 g/mol. The van der Waals surface area contributed by atoms with E-state index in [1.54, 1.807) is 52.3 Å². The molecule has 32 heavy (non-hydrogen) atoms. The van der Waals surface area contributed by atoms with Crippen molar-refractivity contribution in [2.75, 3.05) is 32.8 Å². The first-order chi connectivity index (χ1) is 15.5. The molecule has 2 amide bonds. The van der Waals surface area contributed by atoms with Gasteiger partial charge in [0, 0.05) is 35.2 Å². The molecule has 0 unspecified atom stereocenters. The van der Waals surface area contributed by atoms with Crippen LogP contribution in [0.3, 0.4) is 0 Å². The van der Waals surface area contributed by atoms with Crippen LogP contribution in [0, 0.1) is 0 Å². The number of likely N-dealkylation sites (N-methyl/N-ethyl adjacent to an activating group) is 1. The molecular formula is C23H21Cl2N3O3S. The van der Waals surface area contributed by atoms with Crippen molar-refractivity contribution in [3.8, 4) is 0 Å². The Kier molecular flexibility index (Phi) is 7.20. The molecule has 2 fully saturated rings. The fourth-order valence-corrected chi connectivity index (χ4v) is 4.91. The van der Waals surface area contributed by atoms with Gasteiger partial charge in [0.1, 0.15) is 0 Å². The highest BCUT2D eigenvalue weighted by Crippen LogP contribution is 2.35. The standard InChI is InChI=1S/C23H21Cl2N3O3S/c1-2-28-22(30)20(13-15-6-7-17(24)14-19(15)25)32-23(28)26-18-5-3-4-16(12-18)21(29)27-8-10-31-11-9-27/h3-7,12-14H,2,8-11H2,1H3/b20-13+,26-23?. The zero-order chi connectivity index (χ0) is 22.7. The van der Waals surface area contributed by atoms with E-state index in [2.05, 4.69) is 4.99 Å². The Hall–Kier alpha value is -2.32. The van der Waals surface area contributed by atoms with Gasteiger partial charge in [-0.3, -0.25) is 14.5 Å². The molecule has 0 N–H and O–H groups in total. The van der Waals surface area contributed by atoms with E-state index in [4.69, 9.17) is 27.9 Å². The van der Waals surface area contributed by atoms with E-state index in [0.717, 1.165) is 0 Å². The van der Waals surface area contributed by atoms with Gasteiger partial charge in [0.05, 0.1) is 23.8 Å². The number of carbonyl (C=O) groups excluding carboxylic acids is 2. The van der Waals surface area contributed by atoms with Crippen molar-refractivity contribution in [1.29, 1.82) is 0 Å². The quantitative estimate of drug-likeness (QED) is 0.561. The predicted molar refractivity (Wildman–Crippen MR) is 130 cm³/mol. The summed E-state index contributed by atoms with van der Waals surface area (Å²) in [5, 5.41) is 1.57. The smallest absolute Gasteiger partial charge is 0.266 e. The highest BCUT2D eigenvalue weighted by molar-refractivity contribution is 8.18. The molecule has 2 aromatic carbocycles. The van der Waals surface area contributed by atoms with E-state index in [9.17, 15) is 9.59 Å². The first-order valence-corrected chi connectivity index (χ1v) is 11.8. The van der Waals surface area contributed by atoms with E-state index in [0.29, 0.717) is 69.8 Å². The van der Waals surface area contributed by atoms with Crippen LogP contribution in [0.15, 0.2) is 52.4 Å².